The Balaban J connectivity index is 1.67. The molecule has 0 radical (unpaired) electrons. The van der Waals surface area contributed by atoms with Crippen LogP contribution in [-0.2, 0) is 13.5 Å². The van der Waals surface area contributed by atoms with Crippen molar-refractivity contribution in [3.8, 4) is 0 Å². The van der Waals surface area contributed by atoms with Gasteiger partial charge in [0, 0.05) is 36.5 Å². The highest BCUT2D eigenvalue weighted by Crippen LogP contribution is 2.26. The van der Waals surface area contributed by atoms with Crippen LogP contribution < -0.4 is 5.32 Å². The van der Waals surface area contributed by atoms with Crippen LogP contribution in [0.5, 0.6) is 0 Å². The molecule has 0 saturated heterocycles. The lowest BCUT2D eigenvalue weighted by molar-refractivity contribution is 0.538. The van der Waals surface area contributed by atoms with E-state index in [1.165, 1.54) is 24.1 Å². The van der Waals surface area contributed by atoms with E-state index in [0.29, 0.717) is 5.92 Å². The smallest absolute Gasteiger partial charge is 0.0492 e. The van der Waals surface area contributed by atoms with E-state index in [4.69, 9.17) is 11.6 Å². The summed E-state index contributed by atoms with van der Waals surface area (Å²) in [6.45, 7) is 1.03. The molecular formula is C17H22ClN3. The summed E-state index contributed by atoms with van der Waals surface area (Å²) in [5.74, 6) is 0.499. The van der Waals surface area contributed by atoms with Crippen LogP contribution in [0.3, 0.4) is 0 Å². The molecule has 1 heterocycles. The molecule has 1 N–H and O–H groups in total. The molecule has 1 aliphatic carbocycles. The molecule has 4 heteroatoms. The SMILES string of the molecule is Cn1nccc1CCC(CNC1CC1)c1cccc(Cl)c1. The molecule has 0 bridgehead atoms. The Morgan fingerprint density at radius 3 is 2.90 bits per heavy atom. The van der Waals surface area contributed by atoms with Crippen LogP contribution in [0.15, 0.2) is 36.5 Å². The summed E-state index contributed by atoms with van der Waals surface area (Å²) in [5, 5.41) is 8.72. The number of benzene rings is 1. The fraction of sp³-hybridized carbons (Fsp3) is 0.471. The lowest BCUT2D eigenvalue weighted by Gasteiger charge is -2.18. The standard InChI is InChI=1S/C17H22ClN3/c1-21-17(9-10-20-21)8-5-14(12-19-16-6-7-16)13-3-2-4-15(18)11-13/h2-4,9-11,14,16,19H,5-8,12H2,1H3. The van der Waals surface area contributed by atoms with Gasteiger partial charge in [-0.1, -0.05) is 23.7 Å². The number of hydrogen-bond acceptors (Lipinski definition) is 2. The van der Waals surface area contributed by atoms with Crippen LogP contribution in [0.25, 0.3) is 0 Å². The Morgan fingerprint density at radius 2 is 2.24 bits per heavy atom. The highest BCUT2D eigenvalue weighted by Gasteiger charge is 2.22. The second kappa shape index (κ2) is 6.63. The Morgan fingerprint density at radius 1 is 1.38 bits per heavy atom. The Labute approximate surface area is 131 Å². The largest absolute Gasteiger partial charge is 0.313 e. The van der Waals surface area contributed by atoms with Crippen LogP contribution >= 0.6 is 11.6 Å². The minimum Gasteiger partial charge on any atom is -0.313 e. The minimum absolute atomic E-state index is 0.499. The molecule has 112 valence electrons. The summed E-state index contributed by atoms with van der Waals surface area (Å²) in [5.41, 5.74) is 2.62. The van der Waals surface area contributed by atoms with Gasteiger partial charge in [-0.2, -0.15) is 5.10 Å². The summed E-state index contributed by atoms with van der Waals surface area (Å²) < 4.78 is 1.96. The molecular weight excluding hydrogens is 282 g/mol. The van der Waals surface area contributed by atoms with Crippen molar-refractivity contribution in [2.24, 2.45) is 7.05 Å². The van der Waals surface area contributed by atoms with Crippen molar-refractivity contribution in [1.82, 2.24) is 15.1 Å². The molecule has 0 spiro atoms. The molecule has 1 aromatic heterocycles. The molecule has 1 aromatic carbocycles. The van der Waals surface area contributed by atoms with Gasteiger partial charge < -0.3 is 5.32 Å². The zero-order valence-corrected chi connectivity index (χ0v) is 13.2. The van der Waals surface area contributed by atoms with Gasteiger partial charge in [-0.05, 0) is 55.4 Å². The topological polar surface area (TPSA) is 29.9 Å². The molecule has 1 fully saturated rings. The lowest BCUT2D eigenvalue weighted by Crippen LogP contribution is -2.24. The highest BCUT2D eigenvalue weighted by atomic mass is 35.5. The Bertz CT molecular complexity index is 589. The third kappa shape index (κ3) is 4.08. The second-order valence-electron chi connectivity index (χ2n) is 5.92. The van der Waals surface area contributed by atoms with E-state index in [9.17, 15) is 0 Å². The summed E-state index contributed by atoms with van der Waals surface area (Å²) in [7, 11) is 2.01. The van der Waals surface area contributed by atoms with Crippen LogP contribution in [0.2, 0.25) is 5.02 Å². The number of nitrogens with zero attached hydrogens (tertiary/aromatic N) is 2. The van der Waals surface area contributed by atoms with Gasteiger partial charge in [0.25, 0.3) is 0 Å². The van der Waals surface area contributed by atoms with Crippen molar-refractivity contribution >= 4 is 11.6 Å². The van der Waals surface area contributed by atoms with Gasteiger partial charge in [0.15, 0.2) is 0 Å². The van der Waals surface area contributed by atoms with E-state index in [0.717, 1.165) is 30.5 Å². The zero-order valence-electron chi connectivity index (χ0n) is 12.4. The van der Waals surface area contributed by atoms with Gasteiger partial charge in [-0.15, -0.1) is 0 Å². The predicted molar refractivity (Wildman–Crippen MR) is 86.7 cm³/mol. The first-order chi connectivity index (χ1) is 10.2. The highest BCUT2D eigenvalue weighted by molar-refractivity contribution is 6.30. The zero-order chi connectivity index (χ0) is 14.7. The molecule has 3 rings (SSSR count). The molecule has 21 heavy (non-hydrogen) atoms. The molecule has 1 saturated carbocycles. The monoisotopic (exact) mass is 303 g/mol. The quantitative estimate of drug-likeness (QED) is 0.848. The minimum atomic E-state index is 0.499. The van der Waals surface area contributed by atoms with Crippen molar-refractivity contribution in [2.45, 2.75) is 37.6 Å². The maximum absolute atomic E-state index is 6.15. The third-order valence-electron chi connectivity index (χ3n) is 4.22. The van der Waals surface area contributed by atoms with Crippen molar-refractivity contribution < 1.29 is 0 Å². The first kappa shape index (κ1) is 14.6. The average Bonchev–Trinajstić information content (AvgIpc) is 3.21. The van der Waals surface area contributed by atoms with Crippen LogP contribution in [-0.4, -0.2) is 22.4 Å². The fourth-order valence-electron chi connectivity index (χ4n) is 2.71. The van der Waals surface area contributed by atoms with E-state index in [-0.39, 0.29) is 0 Å². The number of halogens is 1. The first-order valence-corrected chi connectivity index (χ1v) is 8.06. The van der Waals surface area contributed by atoms with E-state index in [1.807, 2.05) is 30.1 Å². The van der Waals surface area contributed by atoms with Crippen molar-refractivity contribution in [2.75, 3.05) is 6.54 Å². The van der Waals surface area contributed by atoms with E-state index in [2.05, 4.69) is 28.6 Å². The molecule has 0 aliphatic heterocycles. The van der Waals surface area contributed by atoms with E-state index < -0.39 is 0 Å². The maximum atomic E-state index is 6.15. The average molecular weight is 304 g/mol. The van der Waals surface area contributed by atoms with Gasteiger partial charge in [-0.25, -0.2) is 0 Å². The molecule has 3 nitrogen and oxygen atoms in total. The molecule has 0 amide bonds. The third-order valence-corrected chi connectivity index (χ3v) is 4.46. The van der Waals surface area contributed by atoms with Gasteiger partial charge in [-0.3, -0.25) is 4.68 Å². The van der Waals surface area contributed by atoms with Crippen molar-refractivity contribution in [3.05, 3.63) is 52.8 Å². The van der Waals surface area contributed by atoms with Gasteiger partial charge >= 0.3 is 0 Å². The summed E-state index contributed by atoms with van der Waals surface area (Å²) in [6.07, 6.45) is 6.67. The second-order valence-corrected chi connectivity index (χ2v) is 6.36. The van der Waals surface area contributed by atoms with Crippen molar-refractivity contribution in [3.63, 3.8) is 0 Å². The lowest BCUT2D eigenvalue weighted by atomic mass is 9.93. The maximum Gasteiger partial charge on any atom is 0.0492 e. The van der Waals surface area contributed by atoms with Gasteiger partial charge in [0.2, 0.25) is 0 Å². The van der Waals surface area contributed by atoms with Crippen LogP contribution in [0.4, 0.5) is 0 Å². The molecule has 1 unspecified atom stereocenters. The van der Waals surface area contributed by atoms with Crippen LogP contribution in [0.1, 0.15) is 36.4 Å². The summed E-state index contributed by atoms with van der Waals surface area (Å²) >= 11 is 6.15. The normalized spacial score (nSPS) is 16.1. The molecule has 1 aliphatic rings. The van der Waals surface area contributed by atoms with Crippen LogP contribution in [0, 0.1) is 0 Å². The number of nitrogens with one attached hydrogen (secondary N) is 1. The number of rotatable bonds is 7. The first-order valence-electron chi connectivity index (χ1n) is 7.68. The van der Waals surface area contributed by atoms with Gasteiger partial charge in [0.05, 0.1) is 0 Å². The number of aryl methyl sites for hydroxylation is 2. The van der Waals surface area contributed by atoms with Gasteiger partial charge in [0.1, 0.15) is 0 Å². The number of hydrogen-bond donors (Lipinski definition) is 1. The summed E-state index contributed by atoms with van der Waals surface area (Å²) in [6, 6.07) is 11.1. The Hall–Kier alpha value is -1.32. The fourth-order valence-corrected chi connectivity index (χ4v) is 2.91. The molecule has 1 atom stereocenters. The van der Waals surface area contributed by atoms with E-state index in [1.54, 1.807) is 0 Å². The molecule has 2 aromatic rings. The summed E-state index contributed by atoms with van der Waals surface area (Å²) in [4.78, 5) is 0. The Kier molecular flexibility index (Phi) is 4.61. The predicted octanol–water partition coefficient (Wildman–Crippen LogP) is 3.54. The van der Waals surface area contributed by atoms with E-state index >= 15 is 0 Å². The van der Waals surface area contributed by atoms with Crippen molar-refractivity contribution in [1.29, 1.82) is 0 Å². The number of aromatic nitrogens is 2.